The first-order valence-corrected chi connectivity index (χ1v) is 7.88. The molecule has 24 heavy (non-hydrogen) atoms. The summed E-state index contributed by atoms with van der Waals surface area (Å²) in [5.41, 5.74) is 1.60. The maximum Gasteiger partial charge on any atom is 0.154 e. The van der Waals surface area contributed by atoms with Gasteiger partial charge in [0.1, 0.15) is 16.7 Å². The average molecular weight is 361 g/mol. The van der Waals surface area contributed by atoms with Crippen molar-refractivity contribution in [2.75, 3.05) is 14.2 Å². The van der Waals surface area contributed by atoms with Gasteiger partial charge < -0.3 is 9.47 Å². The van der Waals surface area contributed by atoms with Gasteiger partial charge in [-0.15, -0.1) is 0 Å². The van der Waals surface area contributed by atoms with Crippen LogP contribution in [-0.4, -0.2) is 24.2 Å². The van der Waals surface area contributed by atoms with E-state index >= 15 is 0 Å². The van der Waals surface area contributed by atoms with Gasteiger partial charge in [-0.25, -0.2) is 9.97 Å². The van der Waals surface area contributed by atoms with Gasteiger partial charge >= 0.3 is 0 Å². The summed E-state index contributed by atoms with van der Waals surface area (Å²) in [5.74, 6) is 1.91. The highest BCUT2D eigenvalue weighted by Crippen LogP contribution is 2.25. The molecule has 2 aromatic carbocycles. The zero-order valence-corrected chi connectivity index (χ0v) is 14.6. The topological polar surface area (TPSA) is 44.2 Å². The summed E-state index contributed by atoms with van der Waals surface area (Å²) in [4.78, 5) is 8.76. The van der Waals surface area contributed by atoms with Crippen molar-refractivity contribution in [2.24, 2.45) is 0 Å². The van der Waals surface area contributed by atoms with Gasteiger partial charge in [0.2, 0.25) is 0 Å². The second-order valence-corrected chi connectivity index (χ2v) is 5.81. The summed E-state index contributed by atoms with van der Waals surface area (Å²) in [6.07, 6.45) is 3.65. The highest BCUT2D eigenvalue weighted by molar-refractivity contribution is 6.35. The molecule has 0 N–H and O–H groups in total. The van der Waals surface area contributed by atoms with Gasteiger partial charge in [0, 0.05) is 16.5 Å². The minimum absolute atomic E-state index is 0.388. The zero-order chi connectivity index (χ0) is 17.1. The molecule has 0 spiro atoms. The van der Waals surface area contributed by atoms with Crippen LogP contribution in [0.2, 0.25) is 10.2 Å². The number of fused-ring (bicyclic) bond motifs is 1. The van der Waals surface area contributed by atoms with E-state index in [1.54, 1.807) is 38.5 Å². The quantitative estimate of drug-likeness (QED) is 0.605. The summed E-state index contributed by atoms with van der Waals surface area (Å²) < 4.78 is 10.5. The van der Waals surface area contributed by atoms with Crippen molar-refractivity contribution in [3.8, 4) is 11.5 Å². The molecule has 0 saturated heterocycles. The molecule has 0 radical (unpaired) electrons. The van der Waals surface area contributed by atoms with E-state index < -0.39 is 0 Å². The number of nitrogens with zero attached hydrogens (tertiary/aromatic N) is 2. The molecule has 3 rings (SSSR count). The Morgan fingerprint density at radius 2 is 1.58 bits per heavy atom. The van der Waals surface area contributed by atoms with Crippen molar-refractivity contribution in [3.63, 3.8) is 0 Å². The SMILES string of the molecule is COc1cc(C=Cc2nc(Cl)c3ccc(Cl)cc3n2)cc(OC)c1. The highest BCUT2D eigenvalue weighted by atomic mass is 35.5. The molecule has 6 heteroatoms. The Labute approximate surface area is 149 Å². The minimum Gasteiger partial charge on any atom is -0.497 e. The summed E-state index contributed by atoms with van der Waals surface area (Å²) in [6, 6.07) is 10.9. The third-order valence-corrected chi connectivity index (χ3v) is 3.95. The first-order valence-electron chi connectivity index (χ1n) is 7.13. The van der Waals surface area contributed by atoms with Crippen LogP contribution >= 0.6 is 23.2 Å². The molecule has 122 valence electrons. The Kier molecular flexibility index (Phi) is 4.88. The smallest absolute Gasteiger partial charge is 0.154 e. The summed E-state index contributed by atoms with van der Waals surface area (Å²) in [6.45, 7) is 0. The maximum absolute atomic E-state index is 6.22. The van der Waals surface area contributed by atoms with E-state index in [0.717, 1.165) is 10.9 Å². The first kappa shape index (κ1) is 16.6. The van der Waals surface area contributed by atoms with E-state index in [9.17, 15) is 0 Å². The lowest BCUT2D eigenvalue weighted by molar-refractivity contribution is 0.394. The Morgan fingerprint density at radius 3 is 2.25 bits per heavy atom. The number of ether oxygens (including phenoxy) is 2. The standard InChI is InChI=1S/C18H14Cl2N2O2/c1-23-13-7-11(8-14(10-13)24-2)3-6-17-21-16-9-12(19)4-5-15(16)18(20)22-17/h3-10H,1-2H3. The largest absolute Gasteiger partial charge is 0.497 e. The Morgan fingerprint density at radius 1 is 0.875 bits per heavy atom. The summed E-state index contributed by atoms with van der Waals surface area (Å²) in [5, 5.41) is 1.76. The lowest BCUT2D eigenvalue weighted by Gasteiger charge is -2.06. The molecule has 0 aliphatic rings. The maximum atomic E-state index is 6.22. The molecule has 0 amide bonds. The molecular weight excluding hydrogens is 347 g/mol. The normalized spacial score (nSPS) is 11.2. The van der Waals surface area contributed by atoms with Crippen LogP contribution < -0.4 is 9.47 Å². The predicted molar refractivity (Wildman–Crippen MR) is 98.0 cm³/mol. The third-order valence-electron chi connectivity index (χ3n) is 3.43. The molecule has 0 fully saturated rings. The van der Waals surface area contributed by atoms with Crippen LogP contribution in [0.5, 0.6) is 11.5 Å². The molecule has 1 aromatic heterocycles. The fraction of sp³-hybridized carbons (Fsp3) is 0.111. The monoisotopic (exact) mass is 360 g/mol. The van der Waals surface area contributed by atoms with Crippen LogP contribution in [0.25, 0.3) is 23.1 Å². The zero-order valence-electron chi connectivity index (χ0n) is 13.1. The number of benzene rings is 2. The van der Waals surface area contributed by atoms with Crippen LogP contribution in [0, 0.1) is 0 Å². The van der Waals surface area contributed by atoms with E-state index in [1.165, 1.54) is 0 Å². The van der Waals surface area contributed by atoms with Crippen LogP contribution in [0.3, 0.4) is 0 Å². The fourth-order valence-corrected chi connectivity index (χ4v) is 2.66. The van der Waals surface area contributed by atoms with Crippen molar-refractivity contribution in [1.82, 2.24) is 9.97 Å². The van der Waals surface area contributed by atoms with E-state index in [1.807, 2.05) is 24.3 Å². The molecule has 0 aliphatic carbocycles. The van der Waals surface area contributed by atoms with E-state index in [0.29, 0.717) is 33.0 Å². The number of aromatic nitrogens is 2. The van der Waals surface area contributed by atoms with E-state index in [4.69, 9.17) is 32.7 Å². The van der Waals surface area contributed by atoms with Crippen LogP contribution in [0.15, 0.2) is 36.4 Å². The number of halogens is 2. The van der Waals surface area contributed by atoms with Crippen molar-refractivity contribution in [3.05, 3.63) is 58.0 Å². The number of methoxy groups -OCH3 is 2. The van der Waals surface area contributed by atoms with E-state index in [-0.39, 0.29) is 0 Å². The van der Waals surface area contributed by atoms with Crippen LogP contribution in [0.4, 0.5) is 0 Å². The van der Waals surface area contributed by atoms with Crippen molar-refractivity contribution in [1.29, 1.82) is 0 Å². The second kappa shape index (κ2) is 7.07. The van der Waals surface area contributed by atoms with E-state index in [2.05, 4.69) is 9.97 Å². The lowest BCUT2D eigenvalue weighted by atomic mass is 10.2. The Bertz CT molecular complexity index is 904. The third kappa shape index (κ3) is 3.61. The van der Waals surface area contributed by atoms with Crippen LogP contribution in [0.1, 0.15) is 11.4 Å². The second-order valence-electron chi connectivity index (χ2n) is 5.01. The summed E-state index contributed by atoms with van der Waals surface area (Å²) >= 11 is 12.2. The molecular formula is C18H14Cl2N2O2. The molecule has 0 atom stereocenters. The number of hydrogen-bond acceptors (Lipinski definition) is 4. The van der Waals surface area contributed by atoms with Crippen LogP contribution in [-0.2, 0) is 0 Å². The molecule has 4 nitrogen and oxygen atoms in total. The Hall–Kier alpha value is -2.30. The molecule has 0 bridgehead atoms. The number of hydrogen-bond donors (Lipinski definition) is 0. The molecule has 1 heterocycles. The van der Waals surface area contributed by atoms with Gasteiger partial charge in [0.25, 0.3) is 0 Å². The fourth-order valence-electron chi connectivity index (χ4n) is 2.25. The first-order chi connectivity index (χ1) is 11.6. The van der Waals surface area contributed by atoms with Gasteiger partial charge in [0.15, 0.2) is 5.82 Å². The van der Waals surface area contributed by atoms with Crippen molar-refractivity contribution >= 4 is 46.3 Å². The minimum atomic E-state index is 0.388. The van der Waals surface area contributed by atoms with Crippen molar-refractivity contribution < 1.29 is 9.47 Å². The van der Waals surface area contributed by atoms with Gasteiger partial charge in [-0.05, 0) is 42.0 Å². The number of rotatable bonds is 4. The van der Waals surface area contributed by atoms with Gasteiger partial charge in [-0.1, -0.05) is 29.3 Å². The molecule has 0 unspecified atom stereocenters. The summed E-state index contributed by atoms with van der Waals surface area (Å²) in [7, 11) is 3.22. The highest BCUT2D eigenvalue weighted by Gasteiger charge is 2.05. The predicted octanol–water partition coefficient (Wildman–Crippen LogP) is 5.12. The van der Waals surface area contributed by atoms with Gasteiger partial charge in [-0.2, -0.15) is 0 Å². The lowest BCUT2D eigenvalue weighted by Crippen LogP contribution is -1.91. The Balaban J connectivity index is 1.98. The molecule has 3 aromatic rings. The molecule has 0 saturated carbocycles. The average Bonchev–Trinajstić information content (AvgIpc) is 2.59. The van der Waals surface area contributed by atoms with Gasteiger partial charge in [0.05, 0.1) is 19.7 Å². The van der Waals surface area contributed by atoms with Crippen molar-refractivity contribution in [2.45, 2.75) is 0 Å². The molecule has 0 aliphatic heterocycles. The van der Waals surface area contributed by atoms with Gasteiger partial charge in [-0.3, -0.25) is 0 Å².